The van der Waals surface area contributed by atoms with E-state index in [9.17, 15) is 4.57 Å². The first-order chi connectivity index (χ1) is 9.66. The van der Waals surface area contributed by atoms with Crippen LogP contribution in [0.15, 0.2) is 30.3 Å². The second kappa shape index (κ2) is 5.86. The SMILES string of the molecule is C[SiH](C)OC1(C(C)(C)C)COP(=O)(Oc2ccccc2)O1. The molecule has 0 N–H and O–H groups in total. The smallest absolute Gasteiger partial charge is 0.404 e. The van der Waals surface area contributed by atoms with Crippen LogP contribution >= 0.6 is 7.82 Å². The third-order valence-electron chi connectivity index (χ3n) is 3.20. The molecular weight excluding hydrogens is 307 g/mol. The molecule has 5 nitrogen and oxygen atoms in total. The lowest BCUT2D eigenvalue weighted by atomic mass is 9.86. The van der Waals surface area contributed by atoms with E-state index in [4.69, 9.17) is 18.0 Å². The normalized spacial score (nSPS) is 29.8. The first kappa shape index (κ1) is 16.7. The van der Waals surface area contributed by atoms with Crippen molar-refractivity contribution in [2.75, 3.05) is 6.61 Å². The lowest BCUT2D eigenvalue weighted by Gasteiger charge is -2.39. The zero-order chi connectivity index (χ0) is 15.7. The summed E-state index contributed by atoms with van der Waals surface area (Å²) in [6, 6.07) is 8.87. The summed E-state index contributed by atoms with van der Waals surface area (Å²) in [7, 11) is -5.08. The van der Waals surface area contributed by atoms with Crippen molar-refractivity contribution in [3.63, 3.8) is 0 Å². The van der Waals surface area contributed by atoms with Crippen LogP contribution in [-0.4, -0.2) is 21.4 Å². The fraction of sp³-hybridized carbons (Fsp3) is 0.571. The van der Waals surface area contributed by atoms with Gasteiger partial charge in [0.25, 0.3) is 0 Å². The molecule has 1 aliphatic rings. The molecule has 1 aromatic carbocycles. The average Bonchev–Trinajstić information content (AvgIpc) is 2.67. The summed E-state index contributed by atoms with van der Waals surface area (Å²) in [6.45, 7) is 10.1. The number of hydrogen-bond acceptors (Lipinski definition) is 5. The lowest BCUT2D eigenvalue weighted by Crippen LogP contribution is -2.49. The molecule has 2 atom stereocenters. The Morgan fingerprint density at radius 2 is 1.86 bits per heavy atom. The van der Waals surface area contributed by atoms with Crippen LogP contribution in [0.25, 0.3) is 0 Å². The number of phosphoric ester groups is 1. The Morgan fingerprint density at radius 1 is 1.24 bits per heavy atom. The quantitative estimate of drug-likeness (QED) is 0.618. The van der Waals surface area contributed by atoms with E-state index in [1.807, 2.05) is 39.9 Å². The molecule has 21 heavy (non-hydrogen) atoms. The van der Waals surface area contributed by atoms with E-state index in [2.05, 4.69) is 0 Å². The molecule has 0 radical (unpaired) electrons. The highest BCUT2D eigenvalue weighted by Gasteiger charge is 2.58. The molecule has 2 rings (SSSR count). The summed E-state index contributed by atoms with van der Waals surface area (Å²) in [5.41, 5.74) is -0.378. The maximum Gasteiger partial charge on any atom is 0.532 e. The number of benzene rings is 1. The molecule has 1 saturated heterocycles. The molecule has 1 aromatic rings. The van der Waals surface area contributed by atoms with Gasteiger partial charge in [-0.15, -0.1) is 0 Å². The molecule has 2 unspecified atom stereocenters. The molecule has 1 fully saturated rings. The van der Waals surface area contributed by atoms with Gasteiger partial charge in [0.2, 0.25) is 5.79 Å². The van der Waals surface area contributed by atoms with E-state index in [1.165, 1.54) is 0 Å². The van der Waals surface area contributed by atoms with E-state index in [-0.39, 0.29) is 12.0 Å². The zero-order valence-electron chi connectivity index (χ0n) is 13.2. The van der Waals surface area contributed by atoms with Gasteiger partial charge in [0.05, 0.1) is 0 Å². The fourth-order valence-corrected chi connectivity index (χ4v) is 4.91. The Morgan fingerprint density at radius 3 is 2.38 bits per heavy atom. The molecule has 1 aliphatic heterocycles. The van der Waals surface area contributed by atoms with Crippen LogP contribution in [-0.2, 0) is 18.0 Å². The third-order valence-corrected chi connectivity index (χ3v) is 5.45. The average molecular weight is 330 g/mol. The van der Waals surface area contributed by atoms with E-state index in [0.29, 0.717) is 5.75 Å². The van der Waals surface area contributed by atoms with Crippen molar-refractivity contribution < 1.29 is 22.6 Å². The van der Waals surface area contributed by atoms with Gasteiger partial charge in [-0.1, -0.05) is 39.0 Å². The van der Waals surface area contributed by atoms with Crippen LogP contribution in [0.3, 0.4) is 0 Å². The Hall–Kier alpha value is -0.653. The van der Waals surface area contributed by atoms with Crippen molar-refractivity contribution in [3.8, 4) is 5.75 Å². The zero-order valence-corrected chi connectivity index (χ0v) is 15.2. The second-order valence-corrected chi connectivity index (χ2v) is 10.2. The monoisotopic (exact) mass is 330 g/mol. The standard InChI is InChI=1S/C14H23O5PSi/c1-13(2,3)14(19-21(4)5)11-16-20(15,18-14)17-12-9-7-6-8-10-12/h6-10,21H,11H2,1-5H3. The largest absolute Gasteiger partial charge is 0.532 e. The summed E-state index contributed by atoms with van der Waals surface area (Å²) >= 11 is 0. The molecular formula is C14H23O5PSi. The van der Waals surface area contributed by atoms with Crippen LogP contribution in [0.5, 0.6) is 5.75 Å². The lowest BCUT2D eigenvalue weighted by molar-refractivity contribution is -0.177. The van der Waals surface area contributed by atoms with Gasteiger partial charge in [0.15, 0.2) is 9.04 Å². The second-order valence-electron chi connectivity index (χ2n) is 6.39. The van der Waals surface area contributed by atoms with Gasteiger partial charge in [0.1, 0.15) is 12.4 Å². The minimum atomic E-state index is -3.67. The van der Waals surface area contributed by atoms with Crippen molar-refractivity contribution in [1.82, 2.24) is 0 Å². The highest BCUT2D eigenvalue weighted by molar-refractivity contribution is 7.49. The Bertz CT molecular complexity index is 528. The predicted octanol–water partition coefficient (Wildman–Crippen LogP) is 3.96. The first-order valence-electron chi connectivity index (χ1n) is 7.04. The topological polar surface area (TPSA) is 54.0 Å². The molecule has 1 heterocycles. The molecule has 0 amide bonds. The van der Waals surface area contributed by atoms with Gasteiger partial charge in [0, 0.05) is 5.41 Å². The van der Waals surface area contributed by atoms with Gasteiger partial charge >= 0.3 is 7.82 Å². The molecule has 7 heteroatoms. The summed E-state index contributed by atoms with van der Waals surface area (Å²) in [6.07, 6.45) is 0. The summed E-state index contributed by atoms with van der Waals surface area (Å²) in [5.74, 6) is -0.579. The van der Waals surface area contributed by atoms with Crippen molar-refractivity contribution in [2.45, 2.75) is 39.7 Å². The van der Waals surface area contributed by atoms with Gasteiger partial charge < -0.3 is 8.95 Å². The molecule has 0 spiro atoms. The maximum atomic E-state index is 12.7. The van der Waals surface area contributed by atoms with Crippen LogP contribution in [0.1, 0.15) is 20.8 Å². The number of rotatable bonds is 4. The Balaban J connectivity index is 2.21. The van der Waals surface area contributed by atoms with E-state index < -0.39 is 22.7 Å². The molecule has 0 saturated carbocycles. The van der Waals surface area contributed by atoms with Crippen molar-refractivity contribution in [2.24, 2.45) is 5.41 Å². The number of phosphoric acid groups is 1. The van der Waals surface area contributed by atoms with Crippen molar-refractivity contribution in [3.05, 3.63) is 30.3 Å². The van der Waals surface area contributed by atoms with Gasteiger partial charge in [-0.25, -0.2) is 9.09 Å². The Labute approximate surface area is 127 Å². The maximum absolute atomic E-state index is 12.7. The minimum absolute atomic E-state index is 0.103. The third kappa shape index (κ3) is 3.76. The van der Waals surface area contributed by atoms with Crippen molar-refractivity contribution >= 4 is 16.9 Å². The summed E-state index contributed by atoms with van der Waals surface area (Å²) in [4.78, 5) is 0. The summed E-state index contributed by atoms with van der Waals surface area (Å²) in [5, 5.41) is 0. The number of hydrogen-bond donors (Lipinski definition) is 0. The van der Waals surface area contributed by atoms with Crippen molar-refractivity contribution in [1.29, 1.82) is 0 Å². The van der Waals surface area contributed by atoms with Crippen LogP contribution in [0, 0.1) is 5.41 Å². The molecule has 118 valence electrons. The minimum Gasteiger partial charge on any atom is -0.404 e. The molecule has 0 aromatic heterocycles. The number of para-hydroxylation sites is 1. The van der Waals surface area contributed by atoms with Crippen LogP contribution in [0.4, 0.5) is 0 Å². The van der Waals surface area contributed by atoms with Gasteiger partial charge in [-0.05, 0) is 25.2 Å². The van der Waals surface area contributed by atoms with E-state index in [0.717, 1.165) is 0 Å². The predicted molar refractivity (Wildman–Crippen MR) is 83.9 cm³/mol. The highest BCUT2D eigenvalue weighted by atomic mass is 31.2. The van der Waals surface area contributed by atoms with E-state index in [1.54, 1.807) is 24.3 Å². The highest BCUT2D eigenvalue weighted by Crippen LogP contribution is 2.61. The van der Waals surface area contributed by atoms with E-state index >= 15 is 0 Å². The van der Waals surface area contributed by atoms with Gasteiger partial charge in [-0.2, -0.15) is 0 Å². The van der Waals surface area contributed by atoms with Crippen LogP contribution < -0.4 is 4.52 Å². The summed E-state index contributed by atoms with van der Waals surface area (Å²) < 4.78 is 35.3. The fourth-order valence-electron chi connectivity index (χ4n) is 2.02. The first-order valence-corrected chi connectivity index (χ1v) is 11.3. The molecule has 0 bridgehead atoms. The van der Waals surface area contributed by atoms with Gasteiger partial charge in [-0.3, -0.25) is 4.52 Å². The Kier molecular flexibility index (Phi) is 4.66. The van der Waals surface area contributed by atoms with Crippen LogP contribution in [0.2, 0.25) is 13.1 Å². The molecule has 0 aliphatic carbocycles.